The third kappa shape index (κ3) is 4.54. The maximum absolute atomic E-state index is 6.48. The van der Waals surface area contributed by atoms with E-state index in [4.69, 9.17) is 10.5 Å². The van der Waals surface area contributed by atoms with Crippen LogP contribution in [0, 0.1) is 5.41 Å². The Hall–Kier alpha value is -0.390. The van der Waals surface area contributed by atoms with Crippen molar-refractivity contribution in [2.24, 2.45) is 11.1 Å². The van der Waals surface area contributed by atoms with Crippen LogP contribution in [0.1, 0.15) is 52.9 Å². The molecule has 1 aromatic heterocycles. The SMILES string of the molecule is CCOC(C(N)Cc1c(Br)c(CC)nn1CC)C(C)(C)C. The van der Waals surface area contributed by atoms with Crippen LogP contribution in [0.2, 0.25) is 0 Å². The van der Waals surface area contributed by atoms with Crippen molar-refractivity contribution in [3.63, 3.8) is 0 Å². The van der Waals surface area contributed by atoms with Crippen LogP contribution >= 0.6 is 15.9 Å². The summed E-state index contributed by atoms with van der Waals surface area (Å²) in [5.41, 5.74) is 8.78. The van der Waals surface area contributed by atoms with Crippen LogP contribution < -0.4 is 5.73 Å². The maximum atomic E-state index is 6.48. The monoisotopic (exact) mass is 359 g/mol. The summed E-state index contributed by atoms with van der Waals surface area (Å²) in [5.74, 6) is 0. The summed E-state index contributed by atoms with van der Waals surface area (Å²) in [7, 11) is 0. The highest BCUT2D eigenvalue weighted by Crippen LogP contribution is 2.29. The number of rotatable bonds is 7. The highest BCUT2D eigenvalue weighted by Gasteiger charge is 2.32. The largest absolute Gasteiger partial charge is 0.376 e. The predicted molar refractivity (Wildman–Crippen MR) is 91.5 cm³/mol. The molecule has 1 aromatic rings. The number of ether oxygens (including phenoxy) is 1. The van der Waals surface area contributed by atoms with E-state index in [0.717, 1.165) is 29.6 Å². The van der Waals surface area contributed by atoms with E-state index in [1.807, 2.05) is 6.92 Å². The zero-order chi connectivity index (χ0) is 16.2. The van der Waals surface area contributed by atoms with Crippen LogP contribution in [0.4, 0.5) is 0 Å². The smallest absolute Gasteiger partial charge is 0.0777 e. The average Bonchev–Trinajstić information content (AvgIpc) is 2.71. The van der Waals surface area contributed by atoms with Crippen molar-refractivity contribution in [3.8, 4) is 0 Å². The predicted octanol–water partition coefficient (Wildman–Crippen LogP) is 3.55. The molecule has 0 aliphatic rings. The summed E-state index contributed by atoms with van der Waals surface area (Å²) in [6, 6.07) is -0.0482. The molecule has 0 saturated heterocycles. The third-order valence-electron chi connectivity index (χ3n) is 3.71. The van der Waals surface area contributed by atoms with Gasteiger partial charge in [-0.15, -0.1) is 0 Å². The van der Waals surface area contributed by atoms with Gasteiger partial charge in [-0.2, -0.15) is 5.10 Å². The van der Waals surface area contributed by atoms with Gasteiger partial charge in [0.1, 0.15) is 0 Å². The molecule has 2 unspecified atom stereocenters. The van der Waals surface area contributed by atoms with Crippen LogP contribution in [0.25, 0.3) is 0 Å². The van der Waals surface area contributed by atoms with Gasteiger partial charge in [0, 0.05) is 25.6 Å². The Labute approximate surface area is 137 Å². The molecule has 21 heavy (non-hydrogen) atoms. The lowest BCUT2D eigenvalue weighted by Gasteiger charge is -2.35. The lowest BCUT2D eigenvalue weighted by atomic mass is 9.83. The van der Waals surface area contributed by atoms with Crippen LogP contribution in [-0.2, 0) is 24.1 Å². The number of halogens is 1. The van der Waals surface area contributed by atoms with Gasteiger partial charge < -0.3 is 10.5 Å². The first-order chi connectivity index (χ1) is 9.76. The van der Waals surface area contributed by atoms with Gasteiger partial charge in [0.05, 0.1) is 22.0 Å². The van der Waals surface area contributed by atoms with E-state index in [9.17, 15) is 0 Å². The van der Waals surface area contributed by atoms with E-state index in [1.165, 1.54) is 5.69 Å². The lowest BCUT2D eigenvalue weighted by molar-refractivity contribution is -0.0277. The Balaban J connectivity index is 3.00. The fraction of sp³-hybridized carbons (Fsp3) is 0.812. The molecule has 0 aliphatic carbocycles. The quantitative estimate of drug-likeness (QED) is 0.809. The number of nitrogens with two attached hydrogens (primary N) is 1. The number of nitrogens with zero attached hydrogens (tertiary/aromatic N) is 2. The molecule has 0 amide bonds. The van der Waals surface area contributed by atoms with Crippen molar-refractivity contribution < 1.29 is 4.74 Å². The van der Waals surface area contributed by atoms with E-state index in [1.54, 1.807) is 0 Å². The number of aryl methyl sites for hydroxylation is 2. The van der Waals surface area contributed by atoms with Crippen molar-refractivity contribution >= 4 is 15.9 Å². The Bertz CT molecular complexity index is 451. The summed E-state index contributed by atoms with van der Waals surface area (Å²) in [6.07, 6.45) is 1.72. The lowest BCUT2D eigenvalue weighted by Crippen LogP contribution is -2.47. The number of hydrogen-bond acceptors (Lipinski definition) is 3. The molecule has 1 heterocycles. The first kappa shape index (κ1) is 18.7. The van der Waals surface area contributed by atoms with Crippen LogP contribution in [0.3, 0.4) is 0 Å². The molecule has 0 spiro atoms. The topological polar surface area (TPSA) is 53.1 Å². The molecule has 0 radical (unpaired) electrons. The zero-order valence-corrected chi connectivity index (χ0v) is 15.8. The van der Waals surface area contributed by atoms with Gasteiger partial charge in [-0.05, 0) is 41.6 Å². The second-order valence-electron chi connectivity index (χ2n) is 6.49. The summed E-state index contributed by atoms with van der Waals surface area (Å²) in [5, 5.41) is 4.64. The van der Waals surface area contributed by atoms with Gasteiger partial charge in [0.15, 0.2) is 0 Å². The summed E-state index contributed by atoms with van der Waals surface area (Å²) >= 11 is 3.69. The molecule has 1 rings (SSSR count). The fourth-order valence-electron chi connectivity index (χ4n) is 2.74. The van der Waals surface area contributed by atoms with Gasteiger partial charge >= 0.3 is 0 Å². The summed E-state index contributed by atoms with van der Waals surface area (Å²) in [6.45, 7) is 14.3. The van der Waals surface area contributed by atoms with Gasteiger partial charge in [0.2, 0.25) is 0 Å². The van der Waals surface area contributed by atoms with Crippen LogP contribution in [0.5, 0.6) is 0 Å². The zero-order valence-electron chi connectivity index (χ0n) is 14.2. The molecule has 2 atom stereocenters. The molecule has 0 aromatic carbocycles. The van der Waals surface area contributed by atoms with Crippen molar-refractivity contribution in [1.82, 2.24) is 9.78 Å². The van der Waals surface area contributed by atoms with Crippen LogP contribution in [0.15, 0.2) is 4.47 Å². The first-order valence-corrected chi connectivity index (χ1v) is 8.66. The van der Waals surface area contributed by atoms with E-state index < -0.39 is 0 Å². The molecule has 0 fully saturated rings. The third-order valence-corrected chi connectivity index (χ3v) is 4.63. The molecule has 0 saturated carbocycles. The highest BCUT2D eigenvalue weighted by atomic mass is 79.9. The van der Waals surface area contributed by atoms with Crippen molar-refractivity contribution in [3.05, 3.63) is 15.9 Å². The van der Waals surface area contributed by atoms with E-state index in [2.05, 4.69) is 60.3 Å². The molecule has 0 bridgehead atoms. The first-order valence-electron chi connectivity index (χ1n) is 7.87. The maximum Gasteiger partial charge on any atom is 0.0777 e. The molecule has 2 N–H and O–H groups in total. The minimum atomic E-state index is -0.0482. The molecule has 122 valence electrons. The number of hydrogen-bond donors (Lipinski definition) is 1. The molecule has 5 heteroatoms. The van der Waals surface area contributed by atoms with E-state index in [-0.39, 0.29) is 17.6 Å². The average molecular weight is 360 g/mol. The Morgan fingerprint density at radius 3 is 2.33 bits per heavy atom. The normalized spacial score (nSPS) is 15.2. The van der Waals surface area contributed by atoms with Crippen molar-refractivity contribution in [1.29, 1.82) is 0 Å². The minimum absolute atomic E-state index is 0.0204. The van der Waals surface area contributed by atoms with E-state index >= 15 is 0 Å². The highest BCUT2D eigenvalue weighted by molar-refractivity contribution is 9.10. The molecule has 4 nitrogen and oxygen atoms in total. The Kier molecular flexibility index (Phi) is 6.88. The standard InChI is InChI=1S/C16H30BrN3O/c1-7-12-14(17)13(20(8-2)19-12)10-11(18)15(21-9-3)16(4,5)6/h11,15H,7-10,18H2,1-6H3. The fourth-order valence-corrected chi connectivity index (χ4v) is 3.46. The Morgan fingerprint density at radius 1 is 1.29 bits per heavy atom. The summed E-state index contributed by atoms with van der Waals surface area (Å²) in [4.78, 5) is 0. The van der Waals surface area contributed by atoms with Gasteiger partial charge in [-0.1, -0.05) is 27.7 Å². The molecular weight excluding hydrogens is 330 g/mol. The molecular formula is C16H30BrN3O. The Morgan fingerprint density at radius 2 is 1.90 bits per heavy atom. The van der Waals surface area contributed by atoms with Crippen molar-refractivity contribution in [2.45, 2.75) is 73.1 Å². The number of aromatic nitrogens is 2. The second-order valence-corrected chi connectivity index (χ2v) is 7.28. The van der Waals surface area contributed by atoms with E-state index in [0.29, 0.717) is 6.61 Å². The van der Waals surface area contributed by atoms with Crippen molar-refractivity contribution in [2.75, 3.05) is 6.61 Å². The minimum Gasteiger partial charge on any atom is -0.376 e. The van der Waals surface area contributed by atoms with Gasteiger partial charge in [0.25, 0.3) is 0 Å². The second kappa shape index (κ2) is 7.75. The summed E-state index contributed by atoms with van der Waals surface area (Å²) < 4.78 is 9.07. The van der Waals surface area contributed by atoms with Crippen LogP contribution in [-0.4, -0.2) is 28.5 Å². The van der Waals surface area contributed by atoms with Gasteiger partial charge in [-0.3, -0.25) is 4.68 Å². The van der Waals surface area contributed by atoms with Gasteiger partial charge in [-0.25, -0.2) is 0 Å². The molecule has 0 aliphatic heterocycles.